The lowest BCUT2D eigenvalue weighted by molar-refractivity contribution is -0.130. The molecule has 2 N–H and O–H groups in total. The van der Waals surface area contributed by atoms with Crippen LogP contribution in [0.15, 0.2) is 47.5 Å². The molecule has 0 radical (unpaired) electrons. The van der Waals surface area contributed by atoms with Crippen molar-refractivity contribution in [2.75, 3.05) is 38.7 Å². The Morgan fingerprint density at radius 1 is 1.13 bits per heavy atom. The first-order valence-electron chi connectivity index (χ1n) is 10.3. The van der Waals surface area contributed by atoms with Crippen molar-refractivity contribution in [2.24, 2.45) is 4.99 Å². The predicted octanol–water partition coefficient (Wildman–Crippen LogP) is 3.06. The smallest absolute Gasteiger partial charge is 0.244 e. The highest BCUT2D eigenvalue weighted by atomic mass is 16.5. The minimum Gasteiger partial charge on any atom is -0.493 e. The number of aliphatic imine (C=N–C) groups is 1. The minimum absolute atomic E-state index is 0.0194. The Morgan fingerprint density at radius 2 is 1.93 bits per heavy atom. The minimum atomic E-state index is 0.0194. The van der Waals surface area contributed by atoms with Crippen LogP contribution in [0.4, 0.5) is 5.69 Å². The number of anilines is 1. The molecule has 0 fully saturated rings. The summed E-state index contributed by atoms with van der Waals surface area (Å²) in [6.45, 7) is 6.63. The Hall–Kier alpha value is -3.22. The second kappa shape index (κ2) is 10.5. The van der Waals surface area contributed by atoms with Crippen LogP contribution in [0.1, 0.15) is 25.0 Å². The Balaban J connectivity index is 1.65. The van der Waals surface area contributed by atoms with Gasteiger partial charge in [0.15, 0.2) is 17.5 Å². The lowest BCUT2D eigenvalue weighted by Crippen LogP contribution is -2.38. The molecular weight excluding hydrogens is 380 g/mol. The van der Waals surface area contributed by atoms with Gasteiger partial charge in [-0.1, -0.05) is 24.3 Å². The topological polar surface area (TPSA) is 75.2 Å². The van der Waals surface area contributed by atoms with Gasteiger partial charge in [0.1, 0.15) is 6.54 Å². The molecule has 0 saturated carbocycles. The Labute approximate surface area is 178 Å². The van der Waals surface area contributed by atoms with E-state index >= 15 is 0 Å². The number of fused-ring (bicyclic) bond motifs is 1. The fourth-order valence-corrected chi connectivity index (χ4v) is 3.42. The zero-order valence-electron chi connectivity index (χ0n) is 17.9. The number of benzene rings is 2. The SMILES string of the molecule is CCNC(=NCC(=O)N1CCc2ccccc2C1)Nc1ccc(OCC)c(OC)c1. The zero-order valence-corrected chi connectivity index (χ0v) is 17.9. The molecule has 2 aromatic rings. The van der Waals surface area contributed by atoms with Gasteiger partial charge in [-0.15, -0.1) is 0 Å². The van der Waals surface area contributed by atoms with Gasteiger partial charge in [-0.3, -0.25) is 4.79 Å². The second-order valence-electron chi connectivity index (χ2n) is 6.95. The lowest BCUT2D eigenvalue weighted by atomic mass is 10.00. The number of guanidine groups is 1. The molecule has 7 heteroatoms. The first kappa shape index (κ1) is 21.5. The number of hydrogen-bond acceptors (Lipinski definition) is 4. The largest absolute Gasteiger partial charge is 0.493 e. The summed E-state index contributed by atoms with van der Waals surface area (Å²) in [6, 6.07) is 13.9. The third-order valence-corrected chi connectivity index (χ3v) is 4.93. The molecule has 160 valence electrons. The fourth-order valence-electron chi connectivity index (χ4n) is 3.42. The van der Waals surface area contributed by atoms with E-state index < -0.39 is 0 Å². The van der Waals surface area contributed by atoms with Crippen LogP contribution in [0, 0.1) is 0 Å². The molecule has 1 amide bonds. The van der Waals surface area contributed by atoms with Crippen molar-refractivity contribution < 1.29 is 14.3 Å². The van der Waals surface area contributed by atoms with Gasteiger partial charge in [0.2, 0.25) is 5.91 Å². The van der Waals surface area contributed by atoms with Crippen LogP contribution in [0.3, 0.4) is 0 Å². The molecule has 0 saturated heterocycles. The van der Waals surface area contributed by atoms with Crippen molar-refractivity contribution in [3.05, 3.63) is 53.6 Å². The standard InChI is InChI=1S/C23H30N4O3/c1-4-24-23(26-19-10-11-20(30-5-2)21(14-19)29-3)25-15-22(28)27-13-12-17-8-6-7-9-18(17)16-27/h6-11,14H,4-5,12-13,15-16H2,1-3H3,(H2,24,25,26). The van der Waals surface area contributed by atoms with Crippen molar-refractivity contribution >= 4 is 17.6 Å². The highest BCUT2D eigenvalue weighted by Crippen LogP contribution is 2.30. The maximum Gasteiger partial charge on any atom is 0.244 e. The van der Waals surface area contributed by atoms with E-state index in [1.807, 2.05) is 49.1 Å². The molecule has 0 bridgehead atoms. The Kier molecular flexibility index (Phi) is 7.54. The van der Waals surface area contributed by atoms with E-state index in [9.17, 15) is 4.79 Å². The molecule has 3 rings (SSSR count). The molecule has 0 atom stereocenters. The third-order valence-electron chi connectivity index (χ3n) is 4.93. The van der Waals surface area contributed by atoms with E-state index in [2.05, 4.69) is 27.8 Å². The molecule has 1 aliphatic rings. The first-order valence-corrected chi connectivity index (χ1v) is 10.3. The highest BCUT2D eigenvalue weighted by molar-refractivity contribution is 5.95. The van der Waals surface area contributed by atoms with Crippen molar-refractivity contribution in [1.82, 2.24) is 10.2 Å². The molecule has 0 aromatic heterocycles. The van der Waals surface area contributed by atoms with Gasteiger partial charge in [0.05, 0.1) is 13.7 Å². The molecule has 7 nitrogen and oxygen atoms in total. The summed E-state index contributed by atoms with van der Waals surface area (Å²) in [6.07, 6.45) is 0.885. The summed E-state index contributed by atoms with van der Waals surface area (Å²) in [5.41, 5.74) is 3.34. The maximum absolute atomic E-state index is 12.7. The van der Waals surface area contributed by atoms with Crippen LogP contribution < -0.4 is 20.1 Å². The van der Waals surface area contributed by atoms with Crippen molar-refractivity contribution in [3.63, 3.8) is 0 Å². The quantitative estimate of drug-likeness (QED) is 0.542. The Morgan fingerprint density at radius 3 is 2.67 bits per heavy atom. The zero-order chi connectivity index (χ0) is 21.3. The molecule has 30 heavy (non-hydrogen) atoms. The van der Waals surface area contributed by atoms with Crippen molar-refractivity contribution in [1.29, 1.82) is 0 Å². The van der Waals surface area contributed by atoms with E-state index in [0.29, 0.717) is 37.2 Å². The lowest BCUT2D eigenvalue weighted by Gasteiger charge is -2.28. The number of hydrogen-bond donors (Lipinski definition) is 2. The number of carbonyl (C=O) groups is 1. The van der Waals surface area contributed by atoms with Crippen LogP contribution in [0.2, 0.25) is 0 Å². The average Bonchev–Trinajstić information content (AvgIpc) is 2.78. The average molecular weight is 411 g/mol. The van der Waals surface area contributed by atoms with Gasteiger partial charge in [-0.05, 0) is 43.5 Å². The van der Waals surface area contributed by atoms with Crippen molar-refractivity contribution in [2.45, 2.75) is 26.8 Å². The van der Waals surface area contributed by atoms with Crippen LogP contribution in [0.25, 0.3) is 0 Å². The van der Waals surface area contributed by atoms with Gasteiger partial charge in [-0.25, -0.2) is 4.99 Å². The summed E-state index contributed by atoms with van der Waals surface area (Å²) < 4.78 is 11.0. The second-order valence-corrected chi connectivity index (χ2v) is 6.95. The molecule has 0 aliphatic carbocycles. The molecule has 1 heterocycles. The summed E-state index contributed by atoms with van der Waals surface area (Å²) in [7, 11) is 1.61. The molecule has 1 aliphatic heterocycles. The number of rotatable bonds is 7. The molecule has 0 spiro atoms. The number of methoxy groups -OCH3 is 1. The van der Waals surface area contributed by atoms with Gasteiger partial charge in [0.25, 0.3) is 0 Å². The number of nitrogens with zero attached hydrogens (tertiary/aromatic N) is 2. The monoisotopic (exact) mass is 410 g/mol. The number of ether oxygens (including phenoxy) is 2. The van der Waals surface area contributed by atoms with E-state index in [4.69, 9.17) is 9.47 Å². The molecular formula is C23H30N4O3. The maximum atomic E-state index is 12.7. The van der Waals surface area contributed by atoms with Crippen molar-refractivity contribution in [3.8, 4) is 11.5 Å². The summed E-state index contributed by atoms with van der Waals surface area (Å²) in [4.78, 5) is 19.1. The van der Waals surface area contributed by atoms with Gasteiger partial charge >= 0.3 is 0 Å². The first-order chi connectivity index (χ1) is 14.6. The predicted molar refractivity (Wildman–Crippen MR) is 119 cm³/mol. The molecule has 0 unspecified atom stereocenters. The summed E-state index contributed by atoms with van der Waals surface area (Å²) in [5, 5.41) is 6.41. The van der Waals surface area contributed by atoms with Crippen LogP contribution in [0.5, 0.6) is 11.5 Å². The number of amides is 1. The van der Waals surface area contributed by atoms with E-state index in [-0.39, 0.29) is 12.5 Å². The van der Waals surface area contributed by atoms with Crippen LogP contribution in [-0.4, -0.2) is 50.1 Å². The van der Waals surface area contributed by atoms with Gasteiger partial charge in [0, 0.05) is 31.4 Å². The molecule has 2 aromatic carbocycles. The third kappa shape index (κ3) is 5.43. The summed E-state index contributed by atoms with van der Waals surface area (Å²) in [5.74, 6) is 1.90. The van der Waals surface area contributed by atoms with E-state index in [1.165, 1.54) is 11.1 Å². The fraction of sp³-hybridized carbons (Fsp3) is 0.391. The normalized spacial score (nSPS) is 13.4. The van der Waals surface area contributed by atoms with Crippen LogP contribution in [-0.2, 0) is 17.8 Å². The highest BCUT2D eigenvalue weighted by Gasteiger charge is 2.20. The van der Waals surface area contributed by atoms with Gasteiger partial charge < -0.3 is 25.0 Å². The van der Waals surface area contributed by atoms with E-state index in [1.54, 1.807) is 7.11 Å². The number of carbonyl (C=O) groups excluding carboxylic acids is 1. The van der Waals surface area contributed by atoms with Crippen LogP contribution >= 0.6 is 0 Å². The Bertz CT molecular complexity index is 898. The van der Waals surface area contributed by atoms with Gasteiger partial charge in [-0.2, -0.15) is 0 Å². The summed E-state index contributed by atoms with van der Waals surface area (Å²) >= 11 is 0. The number of nitrogens with one attached hydrogen (secondary N) is 2. The van der Waals surface area contributed by atoms with E-state index in [0.717, 1.165) is 18.7 Å².